The minimum absolute atomic E-state index is 0.0786. The zero-order valence-corrected chi connectivity index (χ0v) is 12.1. The van der Waals surface area contributed by atoms with Gasteiger partial charge >= 0.3 is 18.1 Å². The topological polar surface area (TPSA) is 97.4 Å². The van der Waals surface area contributed by atoms with Gasteiger partial charge in [-0.3, -0.25) is 9.59 Å². The van der Waals surface area contributed by atoms with Gasteiger partial charge in [-0.15, -0.1) is 11.3 Å². The van der Waals surface area contributed by atoms with Crippen molar-refractivity contribution >= 4 is 29.1 Å². The summed E-state index contributed by atoms with van der Waals surface area (Å²) in [4.78, 5) is 37.0. The number of carbonyl (C=O) groups excluding carboxylic acids is 3. The van der Waals surface area contributed by atoms with Crippen LogP contribution in [0.5, 0.6) is 0 Å². The Hall–Kier alpha value is -2.17. The van der Waals surface area contributed by atoms with E-state index < -0.39 is 30.5 Å². The molecule has 0 aliphatic carbocycles. The summed E-state index contributed by atoms with van der Waals surface area (Å²) in [5, 5.41) is 5.51. The molecule has 1 aromatic heterocycles. The third-order valence-corrected chi connectivity index (χ3v) is 2.99. The van der Waals surface area contributed by atoms with Crippen LogP contribution < -0.4 is 10.6 Å². The molecule has 0 saturated heterocycles. The molecule has 11 heteroatoms. The van der Waals surface area contributed by atoms with Crippen molar-refractivity contribution in [1.29, 1.82) is 0 Å². The van der Waals surface area contributed by atoms with Crippen molar-refractivity contribution in [3.05, 3.63) is 16.1 Å². The third-order valence-electron chi connectivity index (χ3n) is 2.14. The smallest absolute Gasteiger partial charge is 0.461 e. The first-order valence-electron chi connectivity index (χ1n) is 5.97. The SMILES string of the molecule is CCOC(=O)c1csc(CNC(=O)CNC(=O)C(F)(F)F)n1. The largest absolute Gasteiger partial charge is 0.471 e. The van der Waals surface area contributed by atoms with Crippen molar-refractivity contribution < 1.29 is 32.3 Å². The van der Waals surface area contributed by atoms with Gasteiger partial charge in [0.2, 0.25) is 5.91 Å². The summed E-state index contributed by atoms with van der Waals surface area (Å²) in [5.74, 6) is -3.61. The molecule has 1 heterocycles. The van der Waals surface area contributed by atoms with Gasteiger partial charge in [-0.2, -0.15) is 13.2 Å². The maximum absolute atomic E-state index is 11.9. The second-order valence-electron chi connectivity index (χ2n) is 3.80. The number of carbonyl (C=O) groups is 3. The standard InChI is InChI=1S/C11H12F3N3O4S/c1-2-21-9(19)6-5-22-8(17-6)4-15-7(18)3-16-10(20)11(12,13)14/h5H,2-4H2,1H3,(H,15,18)(H,16,20). The number of thiazole rings is 1. The summed E-state index contributed by atoms with van der Waals surface area (Å²) < 4.78 is 40.4. The lowest BCUT2D eigenvalue weighted by atomic mass is 10.5. The van der Waals surface area contributed by atoms with E-state index in [4.69, 9.17) is 4.74 Å². The molecule has 0 spiro atoms. The van der Waals surface area contributed by atoms with E-state index in [2.05, 4.69) is 10.3 Å². The van der Waals surface area contributed by atoms with Gasteiger partial charge in [-0.05, 0) is 6.92 Å². The zero-order chi connectivity index (χ0) is 16.8. The highest BCUT2D eigenvalue weighted by atomic mass is 32.1. The molecule has 0 atom stereocenters. The van der Waals surface area contributed by atoms with E-state index in [1.807, 2.05) is 0 Å². The first-order valence-corrected chi connectivity index (χ1v) is 6.85. The summed E-state index contributed by atoms with van der Waals surface area (Å²) in [6.07, 6.45) is -5.04. The summed E-state index contributed by atoms with van der Waals surface area (Å²) in [6.45, 7) is 0.946. The number of amides is 2. The molecular formula is C11H12F3N3O4S. The summed E-state index contributed by atoms with van der Waals surface area (Å²) in [6, 6.07) is 0. The number of rotatable bonds is 6. The van der Waals surface area contributed by atoms with Crippen molar-refractivity contribution in [3.8, 4) is 0 Å². The first-order chi connectivity index (χ1) is 10.2. The fourth-order valence-corrected chi connectivity index (χ4v) is 1.89. The van der Waals surface area contributed by atoms with Crippen LogP contribution in [0.4, 0.5) is 13.2 Å². The number of nitrogens with zero attached hydrogens (tertiary/aromatic N) is 1. The molecule has 0 unspecified atom stereocenters. The van der Waals surface area contributed by atoms with E-state index in [0.717, 1.165) is 11.3 Å². The highest BCUT2D eigenvalue weighted by Crippen LogP contribution is 2.13. The van der Waals surface area contributed by atoms with E-state index >= 15 is 0 Å². The molecule has 0 aliphatic rings. The fraction of sp³-hybridized carbons (Fsp3) is 0.455. The van der Waals surface area contributed by atoms with Crippen LogP contribution in [0.15, 0.2) is 5.38 Å². The molecule has 1 rings (SSSR count). The molecule has 1 aromatic rings. The maximum atomic E-state index is 11.9. The van der Waals surface area contributed by atoms with Crippen molar-refractivity contribution in [2.45, 2.75) is 19.6 Å². The Morgan fingerprint density at radius 1 is 1.32 bits per heavy atom. The lowest BCUT2D eigenvalue weighted by Gasteiger charge is -2.07. The van der Waals surface area contributed by atoms with Gasteiger partial charge < -0.3 is 15.4 Å². The molecular weight excluding hydrogens is 327 g/mol. The Kier molecular flexibility index (Phi) is 6.28. The quantitative estimate of drug-likeness (QED) is 0.741. The molecule has 0 fully saturated rings. The van der Waals surface area contributed by atoms with E-state index in [0.29, 0.717) is 5.01 Å². The molecule has 2 N–H and O–H groups in total. The Balaban J connectivity index is 2.39. The summed E-state index contributed by atoms with van der Waals surface area (Å²) in [7, 11) is 0. The van der Waals surface area contributed by atoms with E-state index in [9.17, 15) is 27.6 Å². The highest BCUT2D eigenvalue weighted by Gasteiger charge is 2.38. The van der Waals surface area contributed by atoms with Crippen LogP contribution in [-0.2, 0) is 20.9 Å². The predicted molar refractivity (Wildman–Crippen MR) is 69.0 cm³/mol. The van der Waals surface area contributed by atoms with Gasteiger partial charge in [0.05, 0.1) is 19.7 Å². The Morgan fingerprint density at radius 3 is 2.59 bits per heavy atom. The molecule has 0 aromatic carbocycles. The Morgan fingerprint density at radius 2 is 2.00 bits per heavy atom. The molecule has 0 radical (unpaired) electrons. The molecule has 122 valence electrons. The van der Waals surface area contributed by atoms with Crippen LogP contribution in [0.2, 0.25) is 0 Å². The number of nitrogens with one attached hydrogen (secondary N) is 2. The van der Waals surface area contributed by atoms with Crippen LogP contribution in [0.1, 0.15) is 22.4 Å². The second-order valence-corrected chi connectivity index (χ2v) is 4.75. The van der Waals surface area contributed by atoms with Gasteiger partial charge in [0.1, 0.15) is 5.01 Å². The van der Waals surface area contributed by atoms with Crippen molar-refractivity contribution in [3.63, 3.8) is 0 Å². The molecule has 0 aliphatic heterocycles. The Labute approximate surface area is 126 Å². The normalized spacial score (nSPS) is 10.9. The molecule has 0 saturated carbocycles. The molecule has 0 bridgehead atoms. The highest BCUT2D eigenvalue weighted by molar-refractivity contribution is 7.09. The molecule has 22 heavy (non-hydrogen) atoms. The van der Waals surface area contributed by atoms with Gasteiger partial charge in [-0.25, -0.2) is 9.78 Å². The first kappa shape index (κ1) is 17.9. The van der Waals surface area contributed by atoms with E-state index in [1.165, 1.54) is 10.7 Å². The van der Waals surface area contributed by atoms with Crippen LogP contribution in [0.25, 0.3) is 0 Å². The molecule has 2 amide bonds. The van der Waals surface area contributed by atoms with E-state index in [-0.39, 0.29) is 18.8 Å². The number of aromatic nitrogens is 1. The lowest BCUT2D eigenvalue weighted by Crippen LogP contribution is -2.42. The maximum Gasteiger partial charge on any atom is 0.471 e. The minimum atomic E-state index is -5.04. The number of ether oxygens (including phenoxy) is 1. The van der Waals surface area contributed by atoms with Gasteiger partial charge in [0.15, 0.2) is 5.69 Å². The zero-order valence-electron chi connectivity index (χ0n) is 11.3. The summed E-state index contributed by atoms with van der Waals surface area (Å²) >= 11 is 1.08. The number of hydrogen-bond donors (Lipinski definition) is 2. The average molecular weight is 339 g/mol. The average Bonchev–Trinajstić information content (AvgIpc) is 2.90. The van der Waals surface area contributed by atoms with Crippen molar-refractivity contribution in [1.82, 2.24) is 15.6 Å². The second kappa shape index (κ2) is 7.73. The Bertz CT molecular complexity index is 559. The number of alkyl halides is 3. The number of hydrogen-bond acceptors (Lipinski definition) is 6. The van der Waals surface area contributed by atoms with Crippen LogP contribution in [-0.4, -0.2) is 42.1 Å². The minimum Gasteiger partial charge on any atom is -0.461 e. The number of halogens is 3. The van der Waals surface area contributed by atoms with Gasteiger partial charge in [-0.1, -0.05) is 0 Å². The van der Waals surface area contributed by atoms with Gasteiger partial charge in [0, 0.05) is 5.38 Å². The third kappa shape index (κ3) is 5.68. The monoisotopic (exact) mass is 339 g/mol. The van der Waals surface area contributed by atoms with Crippen LogP contribution >= 0.6 is 11.3 Å². The molecule has 7 nitrogen and oxygen atoms in total. The lowest BCUT2D eigenvalue weighted by molar-refractivity contribution is -0.173. The van der Waals surface area contributed by atoms with Crippen LogP contribution in [0.3, 0.4) is 0 Å². The van der Waals surface area contributed by atoms with Gasteiger partial charge in [0.25, 0.3) is 0 Å². The number of esters is 1. The predicted octanol–water partition coefficient (Wildman–Crippen LogP) is 0.614. The van der Waals surface area contributed by atoms with Crippen molar-refractivity contribution in [2.24, 2.45) is 0 Å². The fourth-order valence-electron chi connectivity index (χ4n) is 1.19. The van der Waals surface area contributed by atoms with E-state index in [1.54, 1.807) is 6.92 Å². The van der Waals surface area contributed by atoms with Crippen LogP contribution in [0, 0.1) is 0 Å². The summed E-state index contributed by atoms with van der Waals surface area (Å²) in [5.41, 5.74) is 0.0847. The van der Waals surface area contributed by atoms with Crippen molar-refractivity contribution in [2.75, 3.05) is 13.2 Å².